The van der Waals surface area contributed by atoms with E-state index < -0.39 is 0 Å². The van der Waals surface area contributed by atoms with E-state index in [1.807, 2.05) is 12.1 Å². The summed E-state index contributed by atoms with van der Waals surface area (Å²) >= 11 is 0. The Bertz CT molecular complexity index is 673. The number of hydrogen-bond donors (Lipinski definition) is 0. The highest BCUT2D eigenvalue weighted by Gasteiger charge is 2.35. The van der Waals surface area contributed by atoms with Crippen molar-refractivity contribution in [2.75, 3.05) is 6.61 Å². The number of para-hydroxylation sites is 1. The molecule has 0 saturated heterocycles. The molecule has 0 aromatic heterocycles. The third-order valence-corrected chi connectivity index (χ3v) is 3.85. The Morgan fingerprint density at radius 3 is 2.65 bits per heavy atom. The molecule has 0 radical (unpaired) electrons. The summed E-state index contributed by atoms with van der Waals surface area (Å²) in [5.74, 6) is 7.57. The van der Waals surface area contributed by atoms with Crippen LogP contribution in [0.4, 0.5) is 0 Å². The minimum absolute atomic E-state index is 0.00822. The summed E-state index contributed by atoms with van der Waals surface area (Å²) in [6, 6.07) is 16.6. The lowest BCUT2D eigenvalue weighted by atomic mass is 9.82. The maximum atomic E-state index is 5.76. The fourth-order valence-electron chi connectivity index (χ4n) is 2.53. The Kier molecular flexibility index (Phi) is 3.24. The van der Waals surface area contributed by atoms with E-state index in [2.05, 4.69) is 62.1 Å². The second kappa shape index (κ2) is 5.06. The van der Waals surface area contributed by atoms with E-state index in [0.29, 0.717) is 0 Å². The SMILES string of the molecule is Cc1ccc(C#CCC2(C)COc3ccccc32)cc1. The zero-order valence-electron chi connectivity index (χ0n) is 11.9. The molecule has 0 aliphatic carbocycles. The van der Waals surface area contributed by atoms with Crippen LogP contribution >= 0.6 is 0 Å². The van der Waals surface area contributed by atoms with Crippen LogP contribution in [-0.2, 0) is 5.41 Å². The Morgan fingerprint density at radius 1 is 1.10 bits per heavy atom. The highest BCUT2D eigenvalue weighted by molar-refractivity contribution is 5.44. The van der Waals surface area contributed by atoms with Crippen LogP contribution in [-0.4, -0.2) is 6.61 Å². The molecule has 2 aromatic carbocycles. The summed E-state index contributed by atoms with van der Waals surface area (Å²) in [6.45, 7) is 5.03. The predicted octanol–water partition coefficient (Wildman–Crippen LogP) is 4.09. The fraction of sp³-hybridized carbons (Fsp3) is 0.263. The molecular formula is C19H18O. The Balaban J connectivity index is 1.78. The second-order valence-corrected chi connectivity index (χ2v) is 5.69. The van der Waals surface area contributed by atoms with Gasteiger partial charge in [-0.3, -0.25) is 0 Å². The first kappa shape index (κ1) is 12.8. The van der Waals surface area contributed by atoms with Crippen molar-refractivity contribution >= 4 is 0 Å². The molecule has 1 atom stereocenters. The van der Waals surface area contributed by atoms with Gasteiger partial charge in [-0.15, -0.1) is 0 Å². The highest BCUT2D eigenvalue weighted by atomic mass is 16.5. The van der Waals surface area contributed by atoms with Crippen LogP contribution in [0.2, 0.25) is 0 Å². The van der Waals surface area contributed by atoms with Gasteiger partial charge in [0.25, 0.3) is 0 Å². The quantitative estimate of drug-likeness (QED) is 0.703. The molecule has 0 spiro atoms. The van der Waals surface area contributed by atoms with Crippen LogP contribution in [0.25, 0.3) is 0 Å². The van der Waals surface area contributed by atoms with Crippen LogP contribution in [0.1, 0.15) is 30.0 Å². The Hall–Kier alpha value is -2.20. The second-order valence-electron chi connectivity index (χ2n) is 5.69. The van der Waals surface area contributed by atoms with Gasteiger partial charge in [0.1, 0.15) is 5.75 Å². The predicted molar refractivity (Wildman–Crippen MR) is 82.0 cm³/mol. The van der Waals surface area contributed by atoms with E-state index in [1.165, 1.54) is 11.1 Å². The minimum Gasteiger partial charge on any atom is -0.492 e. The van der Waals surface area contributed by atoms with Crippen LogP contribution in [0.15, 0.2) is 48.5 Å². The molecule has 0 amide bonds. The molecule has 1 unspecified atom stereocenters. The molecule has 100 valence electrons. The van der Waals surface area contributed by atoms with Crippen molar-refractivity contribution in [3.63, 3.8) is 0 Å². The van der Waals surface area contributed by atoms with Crippen molar-refractivity contribution in [2.45, 2.75) is 25.7 Å². The van der Waals surface area contributed by atoms with Gasteiger partial charge in [-0.2, -0.15) is 0 Å². The van der Waals surface area contributed by atoms with Crippen molar-refractivity contribution < 1.29 is 4.74 Å². The number of rotatable bonds is 1. The number of benzene rings is 2. The van der Waals surface area contributed by atoms with Crippen LogP contribution < -0.4 is 4.74 Å². The van der Waals surface area contributed by atoms with E-state index in [9.17, 15) is 0 Å². The molecule has 0 saturated carbocycles. The monoisotopic (exact) mass is 262 g/mol. The van der Waals surface area contributed by atoms with Gasteiger partial charge in [0, 0.05) is 23.0 Å². The third kappa shape index (κ3) is 2.42. The van der Waals surface area contributed by atoms with Gasteiger partial charge in [-0.05, 0) is 25.1 Å². The lowest BCUT2D eigenvalue weighted by Gasteiger charge is -2.19. The molecule has 0 bridgehead atoms. The average molecular weight is 262 g/mol. The fourth-order valence-corrected chi connectivity index (χ4v) is 2.53. The molecule has 0 fully saturated rings. The highest BCUT2D eigenvalue weighted by Crippen LogP contribution is 2.40. The van der Waals surface area contributed by atoms with Crippen LogP contribution in [0.3, 0.4) is 0 Å². The number of fused-ring (bicyclic) bond motifs is 1. The first-order valence-corrected chi connectivity index (χ1v) is 6.95. The topological polar surface area (TPSA) is 9.23 Å². The molecule has 1 heteroatoms. The Labute approximate surface area is 120 Å². The standard InChI is InChI=1S/C19H18O/c1-15-9-11-16(12-10-15)6-5-13-19(2)14-20-18-8-4-3-7-17(18)19/h3-4,7-12H,13-14H2,1-2H3. The van der Waals surface area contributed by atoms with E-state index in [1.54, 1.807) is 0 Å². The maximum absolute atomic E-state index is 5.76. The van der Waals surface area contributed by atoms with E-state index in [4.69, 9.17) is 4.74 Å². The normalized spacial score (nSPS) is 19.7. The molecule has 1 aliphatic rings. The van der Waals surface area contributed by atoms with Crippen molar-refractivity contribution in [1.82, 2.24) is 0 Å². The Morgan fingerprint density at radius 2 is 1.85 bits per heavy atom. The van der Waals surface area contributed by atoms with Crippen molar-refractivity contribution in [1.29, 1.82) is 0 Å². The lowest BCUT2D eigenvalue weighted by molar-refractivity contribution is 0.281. The first-order chi connectivity index (χ1) is 9.67. The zero-order valence-corrected chi connectivity index (χ0v) is 11.9. The van der Waals surface area contributed by atoms with Gasteiger partial charge in [0.15, 0.2) is 0 Å². The van der Waals surface area contributed by atoms with Crippen LogP contribution in [0, 0.1) is 18.8 Å². The summed E-state index contributed by atoms with van der Waals surface area (Å²) in [5, 5.41) is 0. The zero-order chi connectivity index (χ0) is 14.0. The third-order valence-electron chi connectivity index (χ3n) is 3.85. The summed E-state index contributed by atoms with van der Waals surface area (Å²) in [5.41, 5.74) is 3.62. The van der Waals surface area contributed by atoms with E-state index in [-0.39, 0.29) is 5.41 Å². The van der Waals surface area contributed by atoms with E-state index >= 15 is 0 Å². The van der Waals surface area contributed by atoms with Gasteiger partial charge in [-0.25, -0.2) is 0 Å². The summed E-state index contributed by atoms with van der Waals surface area (Å²) in [7, 11) is 0. The van der Waals surface area contributed by atoms with Crippen molar-refractivity contribution in [3.8, 4) is 17.6 Å². The molecule has 1 nitrogen and oxygen atoms in total. The number of hydrogen-bond acceptors (Lipinski definition) is 1. The maximum Gasteiger partial charge on any atom is 0.123 e. The molecule has 20 heavy (non-hydrogen) atoms. The lowest BCUT2D eigenvalue weighted by Crippen LogP contribution is -2.22. The van der Waals surface area contributed by atoms with Gasteiger partial charge >= 0.3 is 0 Å². The molecule has 1 heterocycles. The van der Waals surface area contributed by atoms with Gasteiger partial charge in [-0.1, -0.05) is 54.7 Å². The number of aryl methyl sites for hydroxylation is 1. The van der Waals surface area contributed by atoms with Gasteiger partial charge < -0.3 is 4.74 Å². The van der Waals surface area contributed by atoms with E-state index in [0.717, 1.165) is 24.3 Å². The number of ether oxygens (including phenoxy) is 1. The van der Waals surface area contributed by atoms with Crippen LogP contribution in [0.5, 0.6) is 5.75 Å². The van der Waals surface area contributed by atoms with Gasteiger partial charge in [0.2, 0.25) is 0 Å². The molecule has 1 aliphatic heterocycles. The average Bonchev–Trinajstić information content (AvgIpc) is 2.80. The minimum atomic E-state index is 0.00822. The molecular weight excluding hydrogens is 244 g/mol. The molecule has 2 aromatic rings. The van der Waals surface area contributed by atoms with Crippen molar-refractivity contribution in [3.05, 3.63) is 65.2 Å². The smallest absolute Gasteiger partial charge is 0.123 e. The molecule has 3 rings (SSSR count). The summed E-state index contributed by atoms with van der Waals surface area (Å²) in [6.07, 6.45) is 0.817. The molecule has 0 N–H and O–H groups in total. The largest absolute Gasteiger partial charge is 0.492 e. The van der Waals surface area contributed by atoms with Gasteiger partial charge in [0.05, 0.1) is 6.61 Å². The van der Waals surface area contributed by atoms with Crippen molar-refractivity contribution in [2.24, 2.45) is 0 Å². The summed E-state index contributed by atoms with van der Waals surface area (Å²) < 4.78 is 5.76. The summed E-state index contributed by atoms with van der Waals surface area (Å²) in [4.78, 5) is 0. The first-order valence-electron chi connectivity index (χ1n) is 6.95.